The molecule has 4 aromatic carbocycles. The van der Waals surface area contributed by atoms with Gasteiger partial charge in [-0.15, -0.1) is 0 Å². The number of benzene rings is 4. The third kappa shape index (κ3) is 9.12. The number of amides is 2. The van der Waals surface area contributed by atoms with Crippen LogP contribution in [-0.4, -0.2) is 43.3 Å². The number of halogens is 2. The number of carbonyl (C=O) groups is 2. The molecule has 0 aliphatic rings. The Morgan fingerprint density at radius 1 is 0.783 bits per heavy atom. The summed E-state index contributed by atoms with van der Waals surface area (Å²) in [6.45, 7) is 7.04. The van der Waals surface area contributed by atoms with E-state index in [0.717, 1.165) is 21.9 Å². The summed E-state index contributed by atoms with van der Waals surface area (Å²) >= 11 is 12.5. The number of nitrogens with one attached hydrogen (secondary N) is 1. The summed E-state index contributed by atoms with van der Waals surface area (Å²) in [5.74, 6) is -0.926. The van der Waals surface area contributed by atoms with Crippen LogP contribution in [0.2, 0.25) is 10.0 Å². The zero-order valence-corrected chi connectivity index (χ0v) is 28.7. The van der Waals surface area contributed by atoms with Gasteiger partial charge in [-0.25, -0.2) is 8.42 Å². The lowest BCUT2D eigenvalue weighted by atomic mass is 10.0. The maximum Gasteiger partial charge on any atom is 0.264 e. The highest BCUT2D eigenvalue weighted by atomic mass is 35.5. The molecule has 0 aliphatic heterocycles. The Balaban J connectivity index is 1.83. The van der Waals surface area contributed by atoms with Gasteiger partial charge in [0.2, 0.25) is 11.8 Å². The molecule has 1 unspecified atom stereocenters. The molecule has 0 saturated heterocycles. The fraction of sp³-hybridized carbons (Fsp3) is 0.278. The molecule has 0 spiro atoms. The van der Waals surface area contributed by atoms with Crippen molar-refractivity contribution in [2.45, 2.75) is 63.6 Å². The van der Waals surface area contributed by atoms with E-state index in [1.807, 2.05) is 70.2 Å². The fourth-order valence-electron chi connectivity index (χ4n) is 4.99. The van der Waals surface area contributed by atoms with Gasteiger partial charge in [0.15, 0.2) is 0 Å². The summed E-state index contributed by atoms with van der Waals surface area (Å²) in [7, 11) is -4.17. The molecule has 1 N–H and O–H groups in total. The fourth-order valence-corrected chi connectivity index (χ4v) is 6.74. The number of rotatable bonds is 12. The number of sulfonamides is 1. The molecule has 0 radical (unpaired) electrons. The first-order valence-corrected chi connectivity index (χ1v) is 17.2. The lowest BCUT2D eigenvalue weighted by Crippen LogP contribution is -2.56. The Morgan fingerprint density at radius 2 is 1.37 bits per heavy atom. The van der Waals surface area contributed by atoms with Crippen LogP contribution in [-0.2, 0) is 39.0 Å². The molecule has 0 heterocycles. The largest absolute Gasteiger partial charge is 0.350 e. The van der Waals surface area contributed by atoms with Gasteiger partial charge in [-0.3, -0.25) is 13.9 Å². The van der Waals surface area contributed by atoms with Crippen LogP contribution in [0.1, 0.15) is 44.4 Å². The highest BCUT2D eigenvalue weighted by Gasteiger charge is 2.35. The van der Waals surface area contributed by atoms with Gasteiger partial charge in [0.05, 0.1) is 20.6 Å². The van der Waals surface area contributed by atoms with Crippen molar-refractivity contribution in [1.82, 2.24) is 10.2 Å². The van der Waals surface area contributed by atoms with E-state index < -0.39 is 34.1 Å². The molecule has 0 aromatic heterocycles. The highest BCUT2D eigenvalue weighted by Crippen LogP contribution is 2.27. The van der Waals surface area contributed by atoms with Crippen molar-refractivity contribution in [3.63, 3.8) is 0 Å². The van der Waals surface area contributed by atoms with E-state index in [1.165, 1.54) is 17.0 Å². The van der Waals surface area contributed by atoms with Gasteiger partial charge in [-0.1, -0.05) is 96.9 Å². The molecule has 4 aromatic rings. The quantitative estimate of drug-likeness (QED) is 0.170. The van der Waals surface area contributed by atoms with Crippen molar-refractivity contribution < 1.29 is 18.0 Å². The minimum absolute atomic E-state index is 0.0151. The van der Waals surface area contributed by atoms with Crippen molar-refractivity contribution in [3.05, 3.63) is 130 Å². The second-order valence-electron chi connectivity index (χ2n) is 12.1. The summed E-state index contributed by atoms with van der Waals surface area (Å²) < 4.78 is 29.3. The average Bonchev–Trinajstić information content (AvgIpc) is 3.03. The average molecular weight is 681 g/mol. The molecule has 0 fully saturated rings. The molecular weight excluding hydrogens is 641 g/mol. The monoisotopic (exact) mass is 679 g/mol. The Morgan fingerprint density at radius 3 is 1.93 bits per heavy atom. The number of aryl methyl sites for hydroxylation is 1. The highest BCUT2D eigenvalue weighted by molar-refractivity contribution is 7.92. The maximum absolute atomic E-state index is 14.6. The number of nitrogens with zero attached hydrogens (tertiary/aromatic N) is 2. The van der Waals surface area contributed by atoms with Crippen LogP contribution in [0.25, 0.3) is 0 Å². The van der Waals surface area contributed by atoms with E-state index in [0.29, 0.717) is 21.3 Å². The van der Waals surface area contributed by atoms with E-state index in [-0.39, 0.29) is 23.8 Å². The minimum Gasteiger partial charge on any atom is -0.350 e. The van der Waals surface area contributed by atoms with Gasteiger partial charge in [0.1, 0.15) is 12.6 Å². The van der Waals surface area contributed by atoms with E-state index >= 15 is 0 Å². The smallest absolute Gasteiger partial charge is 0.264 e. The van der Waals surface area contributed by atoms with Gasteiger partial charge < -0.3 is 10.2 Å². The third-order valence-corrected chi connectivity index (χ3v) is 9.88. The zero-order chi connectivity index (χ0) is 33.5. The van der Waals surface area contributed by atoms with Crippen molar-refractivity contribution in [2.75, 3.05) is 10.8 Å². The van der Waals surface area contributed by atoms with E-state index in [4.69, 9.17) is 23.2 Å². The SMILES string of the molecule is CCc1ccc(N(CC(=O)N(Cc2ccc(Cl)c(Cl)c2)C(Cc2ccccc2)C(=O)NC(C)(C)C)S(=O)(=O)c2ccccc2)cc1. The van der Waals surface area contributed by atoms with Gasteiger partial charge in [-0.2, -0.15) is 0 Å². The molecule has 10 heteroatoms. The first kappa shape index (κ1) is 35.0. The number of anilines is 1. The molecule has 0 bridgehead atoms. The summed E-state index contributed by atoms with van der Waals surface area (Å²) in [4.78, 5) is 30.0. The number of hydrogen-bond donors (Lipinski definition) is 1. The lowest BCUT2D eigenvalue weighted by molar-refractivity contribution is -0.140. The van der Waals surface area contributed by atoms with Crippen LogP contribution >= 0.6 is 23.2 Å². The molecule has 242 valence electrons. The zero-order valence-electron chi connectivity index (χ0n) is 26.4. The molecule has 46 heavy (non-hydrogen) atoms. The van der Waals surface area contributed by atoms with Gasteiger partial charge in [0, 0.05) is 18.5 Å². The third-order valence-electron chi connectivity index (χ3n) is 7.35. The normalized spacial score (nSPS) is 12.3. The Kier molecular flexibility index (Phi) is 11.5. The van der Waals surface area contributed by atoms with Crippen LogP contribution in [0, 0.1) is 0 Å². The van der Waals surface area contributed by atoms with Crippen LogP contribution in [0.3, 0.4) is 0 Å². The number of hydrogen-bond acceptors (Lipinski definition) is 4. The van der Waals surface area contributed by atoms with E-state index in [2.05, 4.69) is 5.32 Å². The van der Waals surface area contributed by atoms with Crippen molar-refractivity contribution in [1.29, 1.82) is 0 Å². The summed E-state index contributed by atoms with van der Waals surface area (Å²) in [6, 6.07) is 28.5. The summed E-state index contributed by atoms with van der Waals surface area (Å²) in [6.07, 6.45) is 0.971. The van der Waals surface area contributed by atoms with Crippen LogP contribution in [0.4, 0.5) is 5.69 Å². The second kappa shape index (κ2) is 15.2. The Hall–Kier alpha value is -3.85. The molecule has 7 nitrogen and oxygen atoms in total. The molecule has 2 amide bonds. The van der Waals surface area contributed by atoms with Crippen LogP contribution in [0.15, 0.2) is 108 Å². The lowest BCUT2D eigenvalue weighted by Gasteiger charge is -2.35. The standard InChI is InChI=1S/C36H39Cl2N3O4S/c1-5-26-16-19-29(20-17-26)41(46(44,45)30-14-10-7-11-15-30)25-34(42)40(24-28-18-21-31(37)32(38)22-28)33(35(43)39-36(2,3)4)23-27-12-8-6-9-13-27/h6-22,33H,5,23-25H2,1-4H3,(H,39,43). The predicted octanol–water partition coefficient (Wildman–Crippen LogP) is 7.31. The van der Waals surface area contributed by atoms with Gasteiger partial charge >= 0.3 is 0 Å². The molecule has 4 rings (SSSR count). The van der Waals surface area contributed by atoms with Gasteiger partial charge in [0.25, 0.3) is 10.0 Å². The minimum atomic E-state index is -4.17. The summed E-state index contributed by atoms with van der Waals surface area (Å²) in [5, 5.41) is 3.68. The topological polar surface area (TPSA) is 86.8 Å². The van der Waals surface area contributed by atoms with Crippen molar-refractivity contribution >= 4 is 50.7 Å². The molecule has 1 atom stereocenters. The van der Waals surface area contributed by atoms with Crippen molar-refractivity contribution in [2.24, 2.45) is 0 Å². The first-order valence-electron chi connectivity index (χ1n) is 15.0. The van der Waals surface area contributed by atoms with Crippen LogP contribution < -0.4 is 9.62 Å². The number of carbonyl (C=O) groups excluding carboxylic acids is 2. The molecular formula is C36H39Cl2N3O4S. The van der Waals surface area contributed by atoms with E-state index in [9.17, 15) is 18.0 Å². The van der Waals surface area contributed by atoms with Crippen LogP contribution in [0.5, 0.6) is 0 Å². The molecule has 0 aliphatic carbocycles. The molecule has 0 saturated carbocycles. The Labute approximate surface area is 282 Å². The Bertz CT molecular complexity index is 1740. The van der Waals surface area contributed by atoms with Gasteiger partial charge in [-0.05, 0) is 80.3 Å². The second-order valence-corrected chi connectivity index (χ2v) is 14.7. The summed E-state index contributed by atoms with van der Waals surface area (Å²) in [5.41, 5.74) is 2.24. The van der Waals surface area contributed by atoms with E-state index in [1.54, 1.807) is 48.5 Å². The van der Waals surface area contributed by atoms with Crippen molar-refractivity contribution in [3.8, 4) is 0 Å². The predicted molar refractivity (Wildman–Crippen MR) is 186 cm³/mol. The first-order chi connectivity index (χ1) is 21.8. The maximum atomic E-state index is 14.6.